The topological polar surface area (TPSA) is 171 Å². The SMILES string of the molecule is CN[C@H]1CN(c2cnc3nc(-c4cc5cn(C)nc5c(C)c4O)cc(Cl)c3n2)CC1C1CN(c2ccc3nc(-c4cc5cn(C)nc5c(C)c4O)cnc3c2)C[C@@H]1NC1CCC1. The lowest BCUT2D eigenvalue weighted by atomic mass is 9.83. The van der Waals surface area contributed by atoms with Crippen molar-refractivity contribution >= 4 is 67.1 Å². The molecule has 4 atom stereocenters. The van der Waals surface area contributed by atoms with E-state index in [0.717, 1.165) is 76.1 Å². The minimum Gasteiger partial charge on any atom is -0.507 e. The van der Waals surface area contributed by atoms with Gasteiger partial charge in [-0.15, -0.1) is 0 Å². The van der Waals surface area contributed by atoms with Crippen LogP contribution in [-0.2, 0) is 14.1 Å². The molecule has 11 rings (SSSR count). The maximum atomic E-state index is 11.2. The number of aryl methyl sites for hydroxylation is 4. The number of aromatic nitrogens is 9. The highest BCUT2D eigenvalue weighted by molar-refractivity contribution is 6.35. The normalized spacial score (nSPS) is 20.7. The van der Waals surface area contributed by atoms with E-state index in [1.165, 1.54) is 19.3 Å². The van der Waals surface area contributed by atoms with Crippen LogP contribution < -0.4 is 20.4 Å². The van der Waals surface area contributed by atoms with Crippen molar-refractivity contribution in [1.29, 1.82) is 0 Å². The highest BCUT2D eigenvalue weighted by Gasteiger charge is 2.46. The third-order valence-electron chi connectivity index (χ3n) is 13.7. The van der Waals surface area contributed by atoms with Crippen molar-refractivity contribution in [3.05, 3.63) is 77.3 Å². The van der Waals surface area contributed by atoms with Crippen molar-refractivity contribution in [1.82, 2.24) is 55.1 Å². The summed E-state index contributed by atoms with van der Waals surface area (Å²) in [6.07, 6.45) is 11.1. The summed E-state index contributed by atoms with van der Waals surface area (Å²) in [6, 6.07) is 13.0. The number of rotatable bonds is 8. The number of phenols is 2. The van der Waals surface area contributed by atoms with Crippen LogP contribution in [0.4, 0.5) is 11.5 Å². The van der Waals surface area contributed by atoms with Crippen molar-refractivity contribution in [2.24, 2.45) is 25.9 Å². The first-order valence-electron chi connectivity index (χ1n) is 21.4. The number of anilines is 2. The average molecular weight is 850 g/mol. The van der Waals surface area contributed by atoms with Gasteiger partial charge < -0.3 is 30.6 Å². The fourth-order valence-corrected chi connectivity index (χ4v) is 10.4. The average Bonchev–Trinajstić information content (AvgIpc) is 4.06. The van der Waals surface area contributed by atoms with Crippen molar-refractivity contribution in [2.45, 2.75) is 51.2 Å². The van der Waals surface area contributed by atoms with Gasteiger partial charge in [0.1, 0.15) is 22.8 Å². The monoisotopic (exact) mass is 849 g/mol. The molecule has 316 valence electrons. The Morgan fingerprint density at radius 1 is 0.694 bits per heavy atom. The molecular weight excluding hydrogens is 802 g/mol. The van der Waals surface area contributed by atoms with Gasteiger partial charge in [0.05, 0.1) is 50.9 Å². The molecule has 2 saturated heterocycles. The van der Waals surface area contributed by atoms with E-state index in [4.69, 9.17) is 36.5 Å². The lowest BCUT2D eigenvalue weighted by Crippen LogP contribution is -2.50. The number of fused-ring (bicyclic) bond motifs is 4. The van der Waals surface area contributed by atoms with Gasteiger partial charge in [-0.3, -0.25) is 14.3 Å². The molecule has 0 amide bonds. The van der Waals surface area contributed by atoms with E-state index in [-0.39, 0.29) is 17.5 Å². The Labute approximate surface area is 362 Å². The molecule has 15 nitrogen and oxygen atoms in total. The van der Waals surface area contributed by atoms with Crippen molar-refractivity contribution in [3.8, 4) is 34.0 Å². The molecule has 0 radical (unpaired) electrons. The lowest BCUT2D eigenvalue weighted by Gasteiger charge is -2.34. The highest BCUT2D eigenvalue weighted by atomic mass is 35.5. The van der Waals surface area contributed by atoms with Gasteiger partial charge in [0.25, 0.3) is 0 Å². The summed E-state index contributed by atoms with van der Waals surface area (Å²) in [5.41, 5.74) is 8.98. The van der Waals surface area contributed by atoms with Crippen LogP contribution in [0.3, 0.4) is 0 Å². The highest BCUT2D eigenvalue weighted by Crippen LogP contribution is 2.41. The van der Waals surface area contributed by atoms with Crippen LogP contribution in [0.5, 0.6) is 11.5 Å². The number of likely N-dealkylation sites (N-methyl/N-ethyl adjacent to an activating group) is 1. The van der Waals surface area contributed by atoms with Crippen LogP contribution in [0.1, 0.15) is 30.4 Å². The van der Waals surface area contributed by atoms with E-state index < -0.39 is 0 Å². The fourth-order valence-electron chi connectivity index (χ4n) is 10.1. The van der Waals surface area contributed by atoms with E-state index in [1.807, 2.05) is 58.5 Å². The number of halogens is 1. The molecule has 0 spiro atoms. The summed E-state index contributed by atoms with van der Waals surface area (Å²) < 4.78 is 3.50. The number of phenolic OH excluding ortho intramolecular Hbond substituents is 2. The van der Waals surface area contributed by atoms with Crippen LogP contribution in [0.2, 0.25) is 5.02 Å². The predicted molar refractivity (Wildman–Crippen MR) is 243 cm³/mol. The number of hydrogen-bond donors (Lipinski definition) is 4. The predicted octanol–water partition coefficient (Wildman–Crippen LogP) is 6.43. The third kappa shape index (κ3) is 6.44. The molecule has 3 fully saturated rings. The largest absolute Gasteiger partial charge is 0.507 e. The van der Waals surface area contributed by atoms with Crippen LogP contribution >= 0.6 is 11.6 Å². The molecule has 3 aliphatic rings. The summed E-state index contributed by atoms with van der Waals surface area (Å²) >= 11 is 6.95. The fraction of sp³-hybridized carbons (Fsp3) is 0.370. The minimum absolute atomic E-state index is 0.122. The van der Waals surface area contributed by atoms with E-state index in [9.17, 15) is 10.2 Å². The maximum absolute atomic E-state index is 11.2. The van der Waals surface area contributed by atoms with Crippen LogP contribution in [0.15, 0.2) is 61.2 Å². The second kappa shape index (κ2) is 14.7. The molecule has 2 unspecified atom stereocenters. The number of aromatic hydroxyl groups is 2. The van der Waals surface area contributed by atoms with Crippen molar-refractivity contribution < 1.29 is 10.2 Å². The van der Waals surface area contributed by atoms with E-state index in [2.05, 4.69) is 49.8 Å². The van der Waals surface area contributed by atoms with Gasteiger partial charge in [-0.2, -0.15) is 10.2 Å². The number of benzene rings is 3. The molecule has 16 heteroatoms. The number of nitrogens with zero attached hydrogens (tertiary/aromatic N) is 11. The molecule has 62 heavy (non-hydrogen) atoms. The zero-order valence-corrected chi connectivity index (χ0v) is 36.1. The first-order valence-corrected chi connectivity index (χ1v) is 21.7. The minimum atomic E-state index is 0.122. The molecule has 8 aromatic rings. The molecule has 7 heterocycles. The maximum Gasteiger partial charge on any atom is 0.180 e. The van der Waals surface area contributed by atoms with Crippen LogP contribution in [0.25, 0.3) is 66.5 Å². The summed E-state index contributed by atoms with van der Waals surface area (Å²) in [7, 11) is 5.80. The smallest absolute Gasteiger partial charge is 0.180 e. The quantitative estimate of drug-likeness (QED) is 0.132. The second-order valence-corrected chi connectivity index (χ2v) is 17.9. The van der Waals surface area contributed by atoms with Crippen LogP contribution in [0, 0.1) is 25.7 Å². The number of hydrogen-bond acceptors (Lipinski definition) is 13. The van der Waals surface area contributed by atoms with Gasteiger partial charge in [0, 0.05) is 110 Å². The Balaban J connectivity index is 0.856. The van der Waals surface area contributed by atoms with Gasteiger partial charge in [-0.05, 0) is 82.0 Å². The standard InChI is InChI=1S/C46H48ClN13O2/c1-23-41-25(17-57(4)55-41)11-29(44(23)61)35-14-33(47)43-46(53-35)50-16-40(54-43)60-20-31(38(21-60)48-3)32-19-59(22-39(32)51-27-7-6-8-27)28-9-10-34-36(13-28)49-15-37(52-34)30-12-26-18-58(5)56-42(26)24(2)45(30)62/h9-18,27,31-32,38-39,48,51,61-62H,6-8,19-22H2,1-5H3/t31?,32?,38-,39-/m0/s1. The van der Waals surface area contributed by atoms with Gasteiger partial charge in [-0.25, -0.2) is 19.9 Å². The molecule has 0 bridgehead atoms. The molecule has 1 saturated carbocycles. The molecule has 4 N–H and O–H groups in total. The number of pyridine rings is 1. The first-order chi connectivity index (χ1) is 30.0. The van der Waals surface area contributed by atoms with E-state index >= 15 is 0 Å². The zero-order valence-electron chi connectivity index (χ0n) is 35.3. The Bertz CT molecular complexity index is 3090. The molecule has 2 aliphatic heterocycles. The van der Waals surface area contributed by atoms with Gasteiger partial charge in [0.2, 0.25) is 0 Å². The van der Waals surface area contributed by atoms with Gasteiger partial charge in [-0.1, -0.05) is 18.0 Å². The number of nitrogens with one attached hydrogen (secondary N) is 2. The Morgan fingerprint density at radius 3 is 2.03 bits per heavy atom. The van der Waals surface area contributed by atoms with Crippen LogP contribution in [-0.4, -0.2) is 106 Å². The van der Waals surface area contributed by atoms with Crippen molar-refractivity contribution in [3.63, 3.8) is 0 Å². The molecule has 5 aromatic heterocycles. The second-order valence-electron chi connectivity index (χ2n) is 17.5. The Kier molecular flexibility index (Phi) is 9.21. The lowest BCUT2D eigenvalue weighted by molar-refractivity contribution is 0.232. The Morgan fingerprint density at radius 2 is 1.35 bits per heavy atom. The molecule has 3 aromatic carbocycles. The third-order valence-corrected chi connectivity index (χ3v) is 14.0. The van der Waals surface area contributed by atoms with E-state index in [1.54, 1.807) is 27.8 Å². The molecular formula is C46H48ClN13O2. The Hall–Kier alpha value is -6.16. The summed E-state index contributed by atoms with van der Waals surface area (Å²) in [6.45, 7) is 7.13. The summed E-state index contributed by atoms with van der Waals surface area (Å²) in [5, 5.41) is 41.3. The molecule has 1 aliphatic carbocycles. The summed E-state index contributed by atoms with van der Waals surface area (Å²) in [4.78, 5) is 29.3. The summed E-state index contributed by atoms with van der Waals surface area (Å²) in [5.74, 6) is 1.76. The van der Waals surface area contributed by atoms with Gasteiger partial charge in [0.15, 0.2) is 5.65 Å². The zero-order chi connectivity index (χ0) is 42.6. The first kappa shape index (κ1) is 38.7. The van der Waals surface area contributed by atoms with E-state index in [0.29, 0.717) is 68.2 Å². The van der Waals surface area contributed by atoms with Crippen molar-refractivity contribution in [2.75, 3.05) is 43.0 Å². The van der Waals surface area contributed by atoms with Gasteiger partial charge >= 0.3 is 0 Å².